The second kappa shape index (κ2) is 9.59. The van der Waals surface area contributed by atoms with Gasteiger partial charge in [0.05, 0.1) is 17.9 Å². The van der Waals surface area contributed by atoms with Crippen LogP contribution in [0.15, 0.2) is 68.8 Å². The van der Waals surface area contributed by atoms with E-state index in [-0.39, 0.29) is 36.7 Å². The normalized spacial score (nSPS) is 16.4. The van der Waals surface area contributed by atoms with Crippen LogP contribution in [-0.4, -0.2) is 49.7 Å². The molecule has 1 aromatic heterocycles. The summed E-state index contributed by atoms with van der Waals surface area (Å²) in [6.07, 6.45) is -1.29. The van der Waals surface area contributed by atoms with Crippen LogP contribution in [0.2, 0.25) is 0 Å². The van der Waals surface area contributed by atoms with Crippen molar-refractivity contribution in [1.29, 1.82) is 0 Å². The number of anilines is 1. The molecule has 2 heterocycles. The van der Waals surface area contributed by atoms with E-state index >= 15 is 0 Å². The minimum atomic E-state index is -3.85. The van der Waals surface area contributed by atoms with Gasteiger partial charge in [0.1, 0.15) is 12.6 Å². The summed E-state index contributed by atoms with van der Waals surface area (Å²) in [6, 6.07) is 14.3. The van der Waals surface area contributed by atoms with E-state index in [0.717, 1.165) is 0 Å². The fourth-order valence-electron chi connectivity index (χ4n) is 3.50. The monoisotopic (exact) mass is 488 g/mol. The third-order valence-corrected chi connectivity index (χ3v) is 6.12. The maximum Gasteiger partial charge on any atom is 0.432 e. The third kappa shape index (κ3) is 5.22. The van der Waals surface area contributed by atoms with Gasteiger partial charge < -0.3 is 15.0 Å². The average Bonchev–Trinajstić information content (AvgIpc) is 3.17. The van der Waals surface area contributed by atoms with Gasteiger partial charge in [-0.3, -0.25) is 14.1 Å². The Balaban J connectivity index is 1.42. The lowest BCUT2D eigenvalue weighted by atomic mass is 10.1. The highest BCUT2D eigenvalue weighted by Crippen LogP contribution is 2.16. The summed E-state index contributed by atoms with van der Waals surface area (Å²) in [5.74, 6) is -0.935. The van der Waals surface area contributed by atoms with Crippen LogP contribution in [0, 0.1) is 0 Å². The van der Waals surface area contributed by atoms with Crippen LogP contribution in [0.3, 0.4) is 0 Å². The standard InChI is InChI=1S/C21H21N5O7S/c22-34(30,31)16-8-6-14(7-9-16)23-19(27)12-18-20(28)25(10-11-32-18)13-17-21(29)33-24-26(17)15-4-2-1-3-5-15/h1-9,18H,10-13H2,(H3-,22,23,24,27,29,30,31)/p+1. The van der Waals surface area contributed by atoms with Gasteiger partial charge in [0, 0.05) is 24.4 Å². The first kappa shape index (κ1) is 23.4. The molecule has 0 radical (unpaired) electrons. The van der Waals surface area contributed by atoms with Crippen LogP contribution in [0.1, 0.15) is 12.1 Å². The predicted octanol–water partition coefficient (Wildman–Crippen LogP) is -0.352. The molecular formula is C21H22N5O7S+. The van der Waals surface area contributed by atoms with Crippen molar-refractivity contribution in [2.75, 3.05) is 18.5 Å². The molecule has 13 heteroatoms. The van der Waals surface area contributed by atoms with Gasteiger partial charge in [0.25, 0.3) is 5.91 Å². The van der Waals surface area contributed by atoms with E-state index < -0.39 is 33.6 Å². The Labute approximate surface area is 193 Å². The van der Waals surface area contributed by atoms with Crippen molar-refractivity contribution in [2.45, 2.75) is 24.0 Å². The van der Waals surface area contributed by atoms with Crippen molar-refractivity contribution in [2.24, 2.45) is 5.14 Å². The lowest BCUT2D eigenvalue weighted by molar-refractivity contribution is -0.678. The van der Waals surface area contributed by atoms with Crippen LogP contribution in [-0.2, 0) is 30.9 Å². The van der Waals surface area contributed by atoms with Gasteiger partial charge in [-0.05, 0) is 34.2 Å². The number of carbonyl (C=O) groups excluding carboxylic acids is 2. The number of rotatable bonds is 7. The molecule has 1 saturated heterocycles. The van der Waals surface area contributed by atoms with Gasteiger partial charge in [-0.2, -0.15) is 0 Å². The smallest absolute Gasteiger partial charge is 0.366 e. The molecule has 2 amide bonds. The number of primary sulfonamides is 1. The molecule has 178 valence electrons. The fraction of sp³-hybridized carbons (Fsp3) is 0.238. The number of H-pyrrole nitrogens is 1. The van der Waals surface area contributed by atoms with Crippen LogP contribution >= 0.6 is 0 Å². The van der Waals surface area contributed by atoms with Gasteiger partial charge in [-0.25, -0.2) is 18.4 Å². The number of nitrogens with one attached hydrogen (secondary N) is 2. The van der Waals surface area contributed by atoms with Crippen molar-refractivity contribution in [3.63, 3.8) is 0 Å². The van der Waals surface area contributed by atoms with Gasteiger partial charge >= 0.3 is 11.3 Å². The Kier molecular flexibility index (Phi) is 6.58. The fourth-order valence-corrected chi connectivity index (χ4v) is 4.01. The highest BCUT2D eigenvalue weighted by atomic mass is 32.2. The number of morpholine rings is 1. The number of amides is 2. The van der Waals surface area contributed by atoms with Crippen molar-refractivity contribution in [3.05, 3.63) is 70.7 Å². The lowest BCUT2D eigenvalue weighted by Gasteiger charge is -2.30. The number of benzene rings is 2. The molecule has 3 aromatic rings. The van der Waals surface area contributed by atoms with Crippen molar-refractivity contribution >= 4 is 27.5 Å². The Morgan fingerprint density at radius 2 is 1.85 bits per heavy atom. The maximum absolute atomic E-state index is 12.9. The zero-order valence-corrected chi connectivity index (χ0v) is 18.7. The summed E-state index contributed by atoms with van der Waals surface area (Å²) in [5, 5.41) is 10.2. The predicted molar refractivity (Wildman–Crippen MR) is 117 cm³/mol. The molecule has 0 bridgehead atoms. The van der Waals surface area contributed by atoms with E-state index in [1.165, 1.54) is 33.8 Å². The second-order valence-electron chi connectivity index (χ2n) is 7.54. The molecule has 4 rings (SSSR count). The molecule has 2 aromatic carbocycles. The summed E-state index contributed by atoms with van der Waals surface area (Å²) in [6.45, 7) is 0.398. The zero-order chi connectivity index (χ0) is 24.3. The Bertz CT molecular complexity index is 1350. The molecule has 1 atom stereocenters. The molecule has 1 fully saturated rings. The molecule has 0 aliphatic carbocycles. The second-order valence-corrected chi connectivity index (χ2v) is 9.10. The Morgan fingerprint density at radius 3 is 2.53 bits per heavy atom. The van der Waals surface area contributed by atoms with E-state index in [2.05, 4.69) is 10.6 Å². The topological polar surface area (TPSA) is 169 Å². The van der Waals surface area contributed by atoms with Crippen LogP contribution in [0.4, 0.5) is 5.69 Å². The number of hydrogen-bond donors (Lipinski definition) is 3. The molecule has 0 spiro atoms. The quantitative estimate of drug-likeness (QED) is 0.382. The zero-order valence-electron chi connectivity index (χ0n) is 17.8. The summed E-state index contributed by atoms with van der Waals surface area (Å²) in [4.78, 5) is 39.0. The number of ether oxygens (including phenoxy) is 1. The number of nitrogens with zero attached hydrogens (tertiary/aromatic N) is 2. The molecule has 1 unspecified atom stereocenters. The lowest BCUT2D eigenvalue weighted by Crippen LogP contribution is -2.51. The Morgan fingerprint density at radius 1 is 1.15 bits per heavy atom. The van der Waals surface area contributed by atoms with Crippen LogP contribution in [0.25, 0.3) is 5.69 Å². The van der Waals surface area contributed by atoms with Crippen molar-refractivity contribution < 1.29 is 31.9 Å². The summed E-state index contributed by atoms with van der Waals surface area (Å²) < 4.78 is 34.5. The third-order valence-electron chi connectivity index (χ3n) is 5.19. The number of hydrogen-bond acceptors (Lipinski definition) is 7. The molecule has 4 N–H and O–H groups in total. The van der Waals surface area contributed by atoms with Crippen LogP contribution < -0.4 is 20.8 Å². The highest BCUT2D eigenvalue weighted by molar-refractivity contribution is 7.89. The minimum absolute atomic E-state index is 0.0317. The highest BCUT2D eigenvalue weighted by Gasteiger charge is 2.35. The number of aromatic nitrogens is 2. The average molecular weight is 489 g/mol. The number of carbonyl (C=O) groups is 2. The molecule has 1 aliphatic heterocycles. The van der Waals surface area contributed by atoms with Crippen LogP contribution in [0.5, 0.6) is 0 Å². The van der Waals surface area contributed by atoms with Gasteiger partial charge in [-0.1, -0.05) is 18.2 Å². The summed E-state index contributed by atoms with van der Waals surface area (Å²) in [5.41, 5.74) is 0.611. The van der Waals surface area contributed by atoms with E-state index in [9.17, 15) is 22.8 Å². The van der Waals surface area contributed by atoms with Gasteiger partial charge in [-0.15, -0.1) is 0 Å². The van der Waals surface area contributed by atoms with Gasteiger partial charge in [0.15, 0.2) is 0 Å². The Hall–Kier alpha value is -3.81. The summed E-state index contributed by atoms with van der Waals surface area (Å²) in [7, 11) is -3.85. The van der Waals surface area contributed by atoms with Gasteiger partial charge in [0.2, 0.25) is 21.6 Å². The molecule has 12 nitrogen and oxygen atoms in total. The number of sulfonamides is 1. The molecule has 34 heavy (non-hydrogen) atoms. The van der Waals surface area contributed by atoms with E-state index in [1.807, 2.05) is 6.07 Å². The number of aromatic amines is 1. The first-order valence-corrected chi connectivity index (χ1v) is 11.8. The van der Waals surface area contributed by atoms with E-state index in [4.69, 9.17) is 14.4 Å². The summed E-state index contributed by atoms with van der Waals surface area (Å²) >= 11 is 0. The van der Waals surface area contributed by atoms with Crippen molar-refractivity contribution in [1.82, 2.24) is 10.2 Å². The van der Waals surface area contributed by atoms with E-state index in [1.54, 1.807) is 24.3 Å². The first-order chi connectivity index (χ1) is 16.2. The largest absolute Gasteiger partial charge is 0.432 e. The first-order valence-electron chi connectivity index (χ1n) is 10.2. The SMILES string of the molecule is NS(=O)(=O)c1ccc(NC(=O)CC2OCCN(Cc3c(=O)o[nH][n+]3-c3ccccc3)C2=O)cc1. The molecular weight excluding hydrogens is 466 g/mol. The molecule has 0 saturated carbocycles. The minimum Gasteiger partial charge on any atom is -0.366 e. The number of nitrogens with two attached hydrogens (primary N) is 1. The number of para-hydroxylation sites is 1. The molecule has 1 aliphatic rings. The maximum atomic E-state index is 12.9. The van der Waals surface area contributed by atoms with E-state index in [0.29, 0.717) is 11.4 Å². The van der Waals surface area contributed by atoms with Crippen molar-refractivity contribution in [3.8, 4) is 5.69 Å².